The molecule has 2 nitrogen and oxygen atoms in total. The van der Waals surface area contributed by atoms with Crippen LogP contribution in [-0.4, -0.2) is 29.6 Å². The van der Waals surface area contributed by atoms with Crippen LogP contribution in [0.4, 0.5) is 4.39 Å². The van der Waals surface area contributed by atoms with Gasteiger partial charge in [0.05, 0.1) is 5.02 Å². The van der Waals surface area contributed by atoms with Crippen LogP contribution in [0.2, 0.25) is 5.02 Å². The highest BCUT2D eigenvalue weighted by molar-refractivity contribution is 6.30. The van der Waals surface area contributed by atoms with E-state index >= 15 is 0 Å². The molecule has 116 valence electrons. The van der Waals surface area contributed by atoms with E-state index in [0.29, 0.717) is 18.2 Å². The second kappa shape index (κ2) is 5.86. The average molecular weight is 311 g/mol. The number of hydrogen-bond acceptors (Lipinski definition) is 2. The largest absolute Gasteiger partial charge is 0.311 e. The van der Waals surface area contributed by atoms with Crippen molar-refractivity contribution < 1.29 is 4.39 Å². The maximum absolute atomic E-state index is 14.2. The van der Waals surface area contributed by atoms with E-state index < -0.39 is 0 Å². The molecule has 2 aliphatic rings. The Bertz CT molecular complexity index is 518. The van der Waals surface area contributed by atoms with Gasteiger partial charge in [-0.2, -0.15) is 0 Å². The zero-order valence-corrected chi connectivity index (χ0v) is 13.6. The molecule has 1 N–H and O–H groups in total. The van der Waals surface area contributed by atoms with Gasteiger partial charge in [-0.05, 0) is 38.2 Å². The van der Waals surface area contributed by atoms with E-state index in [1.807, 2.05) is 12.1 Å². The van der Waals surface area contributed by atoms with Crippen LogP contribution >= 0.6 is 11.6 Å². The lowest BCUT2D eigenvalue weighted by atomic mass is 9.90. The number of rotatable bonds is 4. The Hall–Kier alpha value is -0.640. The topological polar surface area (TPSA) is 15.3 Å². The third-order valence-corrected chi connectivity index (χ3v) is 5.56. The first-order valence-electron chi connectivity index (χ1n) is 7.95. The van der Waals surface area contributed by atoms with Gasteiger partial charge >= 0.3 is 0 Å². The molecular formula is C17H24ClFN2. The first kappa shape index (κ1) is 15.3. The zero-order chi connectivity index (χ0) is 15.0. The second-order valence-corrected chi connectivity index (χ2v) is 7.18. The lowest BCUT2D eigenvalue weighted by Crippen LogP contribution is -2.63. The summed E-state index contributed by atoms with van der Waals surface area (Å²) in [7, 11) is 0. The summed E-state index contributed by atoms with van der Waals surface area (Å²) in [5.41, 5.74) is 0.791. The van der Waals surface area contributed by atoms with Gasteiger partial charge in [0.25, 0.3) is 0 Å². The highest BCUT2D eigenvalue weighted by Gasteiger charge is 2.41. The monoisotopic (exact) mass is 310 g/mol. The Kier molecular flexibility index (Phi) is 4.26. The van der Waals surface area contributed by atoms with Gasteiger partial charge in [0.1, 0.15) is 5.82 Å². The molecule has 1 saturated heterocycles. The molecule has 1 aliphatic heterocycles. The van der Waals surface area contributed by atoms with E-state index in [1.54, 1.807) is 6.07 Å². The summed E-state index contributed by atoms with van der Waals surface area (Å²) < 4.78 is 14.2. The fourth-order valence-corrected chi connectivity index (χ4v) is 3.47. The quantitative estimate of drug-likeness (QED) is 0.909. The number of piperazine rings is 1. The van der Waals surface area contributed by atoms with Crippen LogP contribution in [0, 0.1) is 11.7 Å². The van der Waals surface area contributed by atoms with Crippen molar-refractivity contribution in [2.24, 2.45) is 5.92 Å². The highest BCUT2D eigenvalue weighted by atomic mass is 35.5. The minimum absolute atomic E-state index is 0.0835. The molecule has 0 bridgehead atoms. The van der Waals surface area contributed by atoms with Gasteiger partial charge in [-0.1, -0.05) is 30.7 Å². The molecule has 1 saturated carbocycles. The SMILES string of the molecule is CCC1(C)CNC(C2CC2)CN1Cc1cccc(Cl)c1F. The van der Waals surface area contributed by atoms with Crippen LogP contribution < -0.4 is 5.32 Å². The Morgan fingerprint density at radius 1 is 1.43 bits per heavy atom. The Morgan fingerprint density at radius 3 is 2.86 bits per heavy atom. The van der Waals surface area contributed by atoms with Crippen LogP contribution in [0.5, 0.6) is 0 Å². The summed E-state index contributed by atoms with van der Waals surface area (Å²) in [5.74, 6) is 0.553. The summed E-state index contributed by atoms with van der Waals surface area (Å²) in [6, 6.07) is 5.87. The van der Waals surface area contributed by atoms with Gasteiger partial charge in [0, 0.05) is 36.8 Å². The van der Waals surface area contributed by atoms with Crippen molar-refractivity contribution in [2.45, 2.75) is 51.2 Å². The smallest absolute Gasteiger partial charge is 0.146 e. The summed E-state index contributed by atoms with van der Waals surface area (Å²) in [6.07, 6.45) is 3.72. The molecule has 3 rings (SSSR count). The Labute approximate surface area is 131 Å². The van der Waals surface area contributed by atoms with Crippen LogP contribution in [0.25, 0.3) is 0 Å². The van der Waals surface area contributed by atoms with Crippen molar-refractivity contribution in [1.82, 2.24) is 10.2 Å². The molecule has 0 spiro atoms. The summed E-state index contributed by atoms with van der Waals surface area (Å²) in [4.78, 5) is 2.45. The molecule has 1 aliphatic carbocycles. The van der Waals surface area contributed by atoms with E-state index in [1.165, 1.54) is 12.8 Å². The Morgan fingerprint density at radius 2 is 2.19 bits per heavy atom. The summed E-state index contributed by atoms with van der Waals surface area (Å²) in [5, 5.41) is 3.92. The van der Waals surface area contributed by atoms with Gasteiger partial charge < -0.3 is 5.32 Å². The fourth-order valence-electron chi connectivity index (χ4n) is 3.28. The van der Waals surface area contributed by atoms with Crippen LogP contribution in [0.3, 0.4) is 0 Å². The molecule has 2 atom stereocenters. The number of halogens is 2. The van der Waals surface area contributed by atoms with E-state index in [9.17, 15) is 4.39 Å². The van der Waals surface area contributed by atoms with Crippen molar-refractivity contribution in [2.75, 3.05) is 13.1 Å². The van der Waals surface area contributed by atoms with Gasteiger partial charge in [0.2, 0.25) is 0 Å². The van der Waals surface area contributed by atoms with E-state index in [2.05, 4.69) is 24.1 Å². The molecule has 1 aromatic rings. The van der Waals surface area contributed by atoms with Crippen LogP contribution in [0.1, 0.15) is 38.7 Å². The third-order valence-electron chi connectivity index (χ3n) is 5.27. The van der Waals surface area contributed by atoms with Crippen molar-refractivity contribution >= 4 is 11.6 Å². The summed E-state index contributed by atoms with van der Waals surface area (Å²) in [6.45, 7) is 7.10. The lowest BCUT2D eigenvalue weighted by Gasteiger charge is -2.48. The molecule has 1 aromatic carbocycles. The number of benzene rings is 1. The molecular weight excluding hydrogens is 287 g/mol. The number of nitrogens with zero attached hydrogens (tertiary/aromatic N) is 1. The number of nitrogens with one attached hydrogen (secondary N) is 1. The molecule has 0 radical (unpaired) electrons. The van der Waals surface area contributed by atoms with Crippen molar-refractivity contribution in [3.8, 4) is 0 Å². The van der Waals surface area contributed by atoms with Gasteiger partial charge in [-0.25, -0.2) is 4.39 Å². The van der Waals surface area contributed by atoms with Crippen LogP contribution in [-0.2, 0) is 6.54 Å². The van der Waals surface area contributed by atoms with Crippen LogP contribution in [0.15, 0.2) is 18.2 Å². The van der Waals surface area contributed by atoms with E-state index in [4.69, 9.17) is 11.6 Å². The number of hydrogen-bond donors (Lipinski definition) is 1. The second-order valence-electron chi connectivity index (χ2n) is 6.77. The normalized spacial score (nSPS) is 30.6. The van der Waals surface area contributed by atoms with E-state index in [-0.39, 0.29) is 16.4 Å². The van der Waals surface area contributed by atoms with Crippen molar-refractivity contribution in [1.29, 1.82) is 0 Å². The predicted octanol–water partition coefficient (Wildman–Crippen LogP) is 3.83. The van der Waals surface area contributed by atoms with E-state index in [0.717, 1.165) is 25.4 Å². The fraction of sp³-hybridized carbons (Fsp3) is 0.647. The Balaban J connectivity index is 1.80. The maximum atomic E-state index is 14.2. The first-order valence-corrected chi connectivity index (χ1v) is 8.32. The third kappa shape index (κ3) is 3.10. The molecule has 0 aromatic heterocycles. The molecule has 4 heteroatoms. The molecule has 2 unspecified atom stereocenters. The first-order chi connectivity index (χ1) is 10.0. The molecule has 1 heterocycles. The van der Waals surface area contributed by atoms with Gasteiger partial charge in [0.15, 0.2) is 0 Å². The molecule has 21 heavy (non-hydrogen) atoms. The zero-order valence-electron chi connectivity index (χ0n) is 12.8. The average Bonchev–Trinajstić information content (AvgIpc) is 3.31. The van der Waals surface area contributed by atoms with Gasteiger partial charge in [-0.3, -0.25) is 4.90 Å². The predicted molar refractivity (Wildman–Crippen MR) is 85.0 cm³/mol. The maximum Gasteiger partial charge on any atom is 0.146 e. The standard InChI is InChI=1S/C17H24ClFN2/c1-3-17(2)11-20-15(12-7-8-12)10-21(17)9-13-5-4-6-14(18)16(13)19/h4-6,12,15,20H,3,7-11H2,1-2H3. The molecule has 2 fully saturated rings. The highest BCUT2D eigenvalue weighted by Crippen LogP contribution is 2.37. The lowest BCUT2D eigenvalue weighted by molar-refractivity contribution is 0.0361. The molecule has 0 amide bonds. The minimum Gasteiger partial charge on any atom is -0.311 e. The van der Waals surface area contributed by atoms with Crippen molar-refractivity contribution in [3.63, 3.8) is 0 Å². The van der Waals surface area contributed by atoms with Crippen molar-refractivity contribution in [3.05, 3.63) is 34.6 Å². The minimum atomic E-state index is -0.265. The van der Waals surface area contributed by atoms with Gasteiger partial charge in [-0.15, -0.1) is 0 Å². The summed E-state index contributed by atoms with van der Waals surface area (Å²) >= 11 is 5.92.